The van der Waals surface area contributed by atoms with Gasteiger partial charge in [-0.25, -0.2) is 8.42 Å². The Morgan fingerprint density at radius 3 is 2.42 bits per heavy atom. The van der Waals surface area contributed by atoms with Crippen molar-refractivity contribution in [1.29, 1.82) is 0 Å². The van der Waals surface area contributed by atoms with E-state index >= 15 is 0 Å². The van der Waals surface area contributed by atoms with Gasteiger partial charge in [0.05, 0.1) is 11.4 Å². The molecule has 36 heavy (non-hydrogen) atoms. The van der Waals surface area contributed by atoms with Gasteiger partial charge in [0.1, 0.15) is 12.6 Å². The fourth-order valence-electron chi connectivity index (χ4n) is 3.87. The molecule has 196 valence electrons. The number of anilines is 1. The van der Waals surface area contributed by atoms with Gasteiger partial charge in [0.15, 0.2) is 11.5 Å². The molecule has 1 atom stereocenters. The number of hydrogen-bond acceptors (Lipinski definition) is 6. The van der Waals surface area contributed by atoms with Gasteiger partial charge in [-0.15, -0.1) is 0 Å². The standard InChI is InChI=1S/C25H32ClN3O6S/c1-5-21(25(31)27-17(3)4)28(14-18-9-7-8-10-20(18)26)24(30)15-29(36(32,33)6-2)19-11-12-22-23(13-19)35-16-34-22/h7-13,17,21H,5-6,14-16H2,1-4H3,(H,27,31)/t21-/m1/s1. The number of nitrogens with one attached hydrogen (secondary N) is 1. The number of fused-ring (bicyclic) bond motifs is 1. The molecule has 1 aliphatic heterocycles. The molecule has 1 N–H and O–H groups in total. The van der Waals surface area contributed by atoms with Crippen LogP contribution in [0.25, 0.3) is 0 Å². The Morgan fingerprint density at radius 2 is 1.78 bits per heavy atom. The molecule has 2 aromatic carbocycles. The number of amides is 2. The molecule has 9 nitrogen and oxygen atoms in total. The molecule has 1 heterocycles. The molecule has 2 amide bonds. The van der Waals surface area contributed by atoms with Gasteiger partial charge in [0, 0.05) is 23.7 Å². The van der Waals surface area contributed by atoms with Crippen molar-refractivity contribution in [2.45, 2.75) is 52.7 Å². The highest BCUT2D eigenvalue weighted by Crippen LogP contribution is 2.36. The van der Waals surface area contributed by atoms with E-state index in [1.165, 1.54) is 17.9 Å². The van der Waals surface area contributed by atoms with Gasteiger partial charge >= 0.3 is 0 Å². The Bertz CT molecular complexity index is 1200. The Kier molecular flexibility index (Phi) is 9.08. The van der Waals surface area contributed by atoms with Gasteiger partial charge in [-0.05, 0) is 51.0 Å². The molecule has 0 aliphatic carbocycles. The van der Waals surface area contributed by atoms with E-state index in [0.717, 1.165) is 4.31 Å². The van der Waals surface area contributed by atoms with Crippen molar-refractivity contribution in [3.8, 4) is 11.5 Å². The van der Waals surface area contributed by atoms with Crippen LogP contribution in [0.15, 0.2) is 42.5 Å². The minimum Gasteiger partial charge on any atom is -0.454 e. The zero-order chi connectivity index (χ0) is 26.5. The summed E-state index contributed by atoms with van der Waals surface area (Å²) in [5.74, 6) is -0.177. The van der Waals surface area contributed by atoms with Crippen molar-refractivity contribution < 1.29 is 27.5 Å². The SMILES string of the molecule is CC[C@H](C(=O)NC(C)C)N(Cc1ccccc1Cl)C(=O)CN(c1ccc2c(c1)OCO2)S(=O)(=O)CC. The second kappa shape index (κ2) is 11.8. The molecule has 2 aromatic rings. The molecule has 0 radical (unpaired) electrons. The largest absolute Gasteiger partial charge is 0.454 e. The van der Waals surface area contributed by atoms with E-state index in [-0.39, 0.29) is 36.7 Å². The number of benzene rings is 2. The third-order valence-corrected chi connectivity index (χ3v) is 7.85. The summed E-state index contributed by atoms with van der Waals surface area (Å²) >= 11 is 6.37. The smallest absolute Gasteiger partial charge is 0.244 e. The number of nitrogens with zero attached hydrogens (tertiary/aromatic N) is 2. The number of ether oxygens (including phenoxy) is 2. The van der Waals surface area contributed by atoms with Gasteiger partial charge in [-0.3, -0.25) is 13.9 Å². The number of sulfonamides is 1. The van der Waals surface area contributed by atoms with Crippen LogP contribution < -0.4 is 19.1 Å². The highest BCUT2D eigenvalue weighted by atomic mass is 35.5. The minimum absolute atomic E-state index is 0.0347. The van der Waals surface area contributed by atoms with Crippen LogP contribution in [0.5, 0.6) is 11.5 Å². The second-order valence-electron chi connectivity index (χ2n) is 8.65. The maximum absolute atomic E-state index is 13.8. The summed E-state index contributed by atoms with van der Waals surface area (Å²) in [6.07, 6.45) is 0.333. The van der Waals surface area contributed by atoms with E-state index in [2.05, 4.69) is 5.32 Å². The van der Waals surface area contributed by atoms with Crippen LogP contribution in [0.1, 0.15) is 39.7 Å². The number of carbonyl (C=O) groups is 2. The maximum Gasteiger partial charge on any atom is 0.244 e. The summed E-state index contributed by atoms with van der Waals surface area (Å²) in [7, 11) is -3.85. The van der Waals surface area contributed by atoms with E-state index in [4.69, 9.17) is 21.1 Å². The molecule has 0 unspecified atom stereocenters. The number of halogens is 1. The summed E-state index contributed by atoms with van der Waals surface area (Å²) < 4.78 is 37.9. The molecule has 3 rings (SSSR count). The van der Waals surface area contributed by atoms with Crippen LogP contribution in [-0.4, -0.2) is 56.3 Å². The van der Waals surface area contributed by atoms with Gasteiger partial charge in [-0.1, -0.05) is 36.7 Å². The Hall–Kier alpha value is -2.98. The van der Waals surface area contributed by atoms with Crippen LogP contribution in [0.2, 0.25) is 5.02 Å². The van der Waals surface area contributed by atoms with E-state index in [1.807, 2.05) is 13.8 Å². The molecule has 0 bridgehead atoms. The summed E-state index contributed by atoms with van der Waals surface area (Å²) in [6, 6.07) is 10.8. The monoisotopic (exact) mass is 537 g/mol. The highest BCUT2D eigenvalue weighted by Gasteiger charge is 2.33. The van der Waals surface area contributed by atoms with E-state index in [9.17, 15) is 18.0 Å². The Balaban J connectivity index is 1.99. The van der Waals surface area contributed by atoms with Crippen molar-refractivity contribution in [1.82, 2.24) is 10.2 Å². The lowest BCUT2D eigenvalue weighted by molar-refractivity contribution is -0.140. The fraction of sp³-hybridized carbons (Fsp3) is 0.440. The first-order chi connectivity index (χ1) is 17.1. The Morgan fingerprint density at radius 1 is 1.08 bits per heavy atom. The topological polar surface area (TPSA) is 105 Å². The minimum atomic E-state index is -3.85. The van der Waals surface area contributed by atoms with E-state index in [1.54, 1.807) is 43.3 Å². The normalized spacial score (nSPS) is 13.4. The van der Waals surface area contributed by atoms with Crippen LogP contribution in [-0.2, 0) is 26.2 Å². The lowest BCUT2D eigenvalue weighted by atomic mass is 10.1. The zero-order valence-corrected chi connectivity index (χ0v) is 22.4. The molecule has 0 fully saturated rings. The van der Waals surface area contributed by atoms with E-state index in [0.29, 0.717) is 28.5 Å². The zero-order valence-electron chi connectivity index (χ0n) is 20.9. The molecule has 0 aromatic heterocycles. The fourth-order valence-corrected chi connectivity index (χ4v) is 5.12. The molecule has 0 spiro atoms. The number of hydrogen-bond donors (Lipinski definition) is 1. The predicted molar refractivity (Wildman–Crippen MR) is 139 cm³/mol. The van der Waals surface area contributed by atoms with Crippen molar-refractivity contribution in [3.63, 3.8) is 0 Å². The second-order valence-corrected chi connectivity index (χ2v) is 11.2. The van der Waals surface area contributed by atoms with Crippen LogP contribution in [0.3, 0.4) is 0 Å². The average molecular weight is 538 g/mol. The van der Waals surface area contributed by atoms with Crippen molar-refractivity contribution in [2.75, 3.05) is 23.4 Å². The molecule has 0 saturated carbocycles. The van der Waals surface area contributed by atoms with Gasteiger partial charge < -0.3 is 19.7 Å². The van der Waals surface area contributed by atoms with Crippen LogP contribution >= 0.6 is 11.6 Å². The van der Waals surface area contributed by atoms with Crippen LogP contribution in [0.4, 0.5) is 5.69 Å². The molecule has 11 heteroatoms. The number of carbonyl (C=O) groups excluding carboxylic acids is 2. The lowest BCUT2D eigenvalue weighted by Gasteiger charge is -2.33. The summed E-state index contributed by atoms with van der Waals surface area (Å²) in [5.41, 5.74) is 0.920. The summed E-state index contributed by atoms with van der Waals surface area (Å²) in [6.45, 7) is 6.56. The first kappa shape index (κ1) is 27.6. The highest BCUT2D eigenvalue weighted by molar-refractivity contribution is 7.92. The first-order valence-corrected chi connectivity index (χ1v) is 13.8. The van der Waals surface area contributed by atoms with Gasteiger partial charge in [-0.2, -0.15) is 0 Å². The summed E-state index contributed by atoms with van der Waals surface area (Å²) in [5, 5.41) is 3.30. The maximum atomic E-state index is 13.8. The van der Waals surface area contributed by atoms with Crippen molar-refractivity contribution in [3.05, 3.63) is 53.1 Å². The molecular weight excluding hydrogens is 506 g/mol. The van der Waals surface area contributed by atoms with Crippen LogP contribution in [0, 0.1) is 0 Å². The van der Waals surface area contributed by atoms with Gasteiger partial charge in [0.25, 0.3) is 0 Å². The molecule has 0 saturated heterocycles. The first-order valence-electron chi connectivity index (χ1n) is 11.8. The predicted octanol–water partition coefficient (Wildman–Crippen LogP) is 3.56. The molecular formula is C25H32ClN3O6S. The molecule has 1 aliphatic rings. The summed E-state index contributed by atoms with van der Waals surface area (Å²) in [4.78, 5) is 28.2. The van der Waals surface area contributed by atoms with Crippen molar-refractivity contribution >= 4 is 39.1 Å². The third kappa shape index (κ3) is 6.41. The number of rotatable bonds is 11. The Labute approximate surface area is 217 Å². The van der Waals surface area contributed by atoms with Crippen molar-refractivity contribution in [2.24, 2.45) is 0 Å². The van der Waals surface area contributed by atoms with E-state index < -0.39 is 28.5 Å². The average Bonchev–Trinajstić information content (AvgIpc) is 3.30. The third-order valence-electron chi connectivity index (χ3n) is 5.74. The lowest BCUT2D eigenvalue weighted by Crippen LogP contribution is -2.53. The van der Waals surface area contributed by atoms with Gasteiger partial charge in [0.2, 0.25) is 28.6 Å². The quantitative estimate of drug-likeness (QED) is 0.470.